The summed E-state index contributed by atoms with van der Waals surface area (Å²) >= 11 is 9.93. The highest BCUT2D eigenvalue weighted by molar-refractivity contribution is 9.11. The number of hydrogen-bond acceptors (Lipinski definition) is 3. The van der Waals surface area contributed by atoms with Gasteiger partial charge in [-0.25, -0.2) is 0 Å². The van der Waals surface area contributed by atoms with Crippen molar-refractivity contribution in [3.05, 3.63) is 41.6 Å². The van der Waals surface area contributed by atoms with Crippen LogP contribution in [0.3, 0.4) is 0 Å². The Labute approximate surface area is 107 Å². The maximum absolute atomic E-state index is 10.0. The summed E-state index contributed by atoms with van der Waals surface area (Å²) in [7, 11) is 0. The predicted octanol–water partition coefficient (Wildman–Crippen LogP) is 4.42. The zero-order valence-corrected chi connectivity index (χ0v) is 11.7. The summed E-state index contributed by atoms with van der Waals surface area (Å²) in [5.41, 5.74) is 0.935. The standard InChI is InChI=1S/C9H6Br2OS2/c10-6-1-2-13-9(6)8(12)5-3-7(11)14-4-5/h1-4,8,12H. The molecule has 0 saturated carbocycles. The summed E-state index contributed by atoms with van der Waals surface area (Å²) < 4.78 is 2.01. The molecule has 1 atom stereocenters. The fourth-order valence-corrected chi connectivity index (χ4v) is 3.91. The van der Waals surface area contributed by atoms with Gasteiger partial charge in [0, 0.05) is 4.47 Å². The first kappa shape index (κ1) is 10.8. The van der Waals surface area contributed by atoms with Crippen molar-refractivity contribution < 1.29 is 5.11 Å². The van der Waals surface area contributed by atoms with E-state index in [1.807, 2.05) is 22.9 Å². The van der Waals surface area contributed by atoms with Crippen LogP contribution in [0.4, 0.5) is 0 Å². The maximum Gasteiger partial charge on any atom is 0.115 e. The molecule has 0 amide bonds. The van der Waals surface area contributed by atoms with Gasteiger partial charge in [0.15, 0.2) is 0 Å². The normalized spacial score (nSPS) is 13.1. The van der Waals surface area contributed by atoms with Crippen LogP contribution >= 0.6 is 54.5 Å². The van der Waals surface area contributed by atoms with E-state index in [-0.39, 0.29) is 0 Å². The van der Waals surface area contributed by atoms with Crippen LogP contribution in [0.15, 0.2) is 31.2 Å². The summed E-state index contributed by atoms with van der Waals surface area (Å²) in [4.78, 5) is 0.954. The van der Waals surface area contributed by atoms with Gasteiger partial charge in [-0.1, -0.05) is 0 Å². The Morgan fingerprint density at radius 1 is 1.29 bits per heavy atom. The third-order valence-electron chi connectivity index (χ3n) is 1.80. The third-order valence-corrected chi connectivity index (χ3v) is 5.24. The van der Waals surface area contributed by atoms with Gasteiger partial charge in [0.25, 0.3) is 0 Å². The van der Waals surface area contributed by atoms with E-state index in [4.69, 9.17) is 0 Å². The molecule has 1 nitrogen and oxygen atoms in total. The van der Waals surface area contributed by atoms with Crippen molar-refractivity contribution in [2.75, 3.05) is 0 Å². The third kappa shape index (κ3) is 2.12. The van der Waals surface area contributed by atoms with Crippen molar-refractivity contribution >= 4 is 54.5 Å². The molecule has 2 aromatic rings. The molecule has 0 aliphatic carbocycles. The molecule has 2 aromatic heterocycles. The van der Waals surface area contributed by atoms with Gasteiger partial charge in [-0.05, 0) is 60.3 Å². The minimum absolute atomic E-state index is 0.521. The first-order valence-electron chi connectivity index (χ1n) is 3.83. The molecule has 0 bridgehead atoms. The summed E-state index contributed by atoms with van der Waals surface area (Å²) in [5, 5.41) is 14.0. The second kappa shape index (κ2) is 4.45. The molecule has 1 N–H and O–H groups in total. The molecule has 2 rings (SSSR count). The number of thiophene rings is 2. The SMILES string of the molecule is OC(c1csc(Br)c1)c1sccc1Br. The quantitative estimate of drug-likeness (QED) is 0.847. The summed E-state index contributed by atoms with van der Waals surface area (Å²) in [6.07, 6.45) is -0.521. The smallest absolute Gasteiger partial charge is 0.115 e. The van der Waals surface area contributed by atoms with Gasteiger partial charge in [0.2, 0.25) is 0 Å². The molecule has 0 fully saturated rings. The van der Waals surface area contributed by atoms with Gasteiger partial charge >= 0.3 is 0 Å². The number of hydrogen-bond donors (Lipinski definition) is 1. The van der Waals surface area contributed by atoms with Crippen LogP contribution < -0.4 is 0 Å². The lowest BCUT2D eigenvalue weighted by atomic mass is 10.2. The van der Waals surface area contributed by atoms with Crippen LogP contribution in [0.1, 0.15) is 16.5 Å². The Hall–Kier alpha value is 0.320. The van der Waals surface area contributed by atoms with E-state index in [9.17, 15) is 5.11 Å². The molecule has 14 heavy (non-hydrogen) atoms. The molecular formula is C9H6Br2OS2. The van der Waals surface area contributed by atoms with Crippen LogP contribution in [0.2, 0.25) is 0 Å². The van der Waals surface area contributed by atoms with Gasteiger partial charge in [-0.15, -0.1) is 22.7 Å². The van der Waals surface area contributed by atoms with Gasteiger partial charge in [-0.3, -0.25) is 0 Å². The Morgan fingerprint density at radius 3 is 2.57 bits per heavy atom. The van der Waals surface area contributed by atoms with Crippen molar-refractivity contribution in [1.29, 1.82) is 0 Å². The fraction of sp³-hybridized carbons (Fsp3) is 0.111. The van der Waals surface area contributed by atoms with Crippen LogP contribution in [-0.4, -0.2) is 5.11 Å². The maximum atomic E-state index is 10.0. The fourth-order valence-electron chi connectivity index (χ4n) is 1.12. The predicted molar refractivity (Wildman–Crippen MR) is 68.1 cm³/mol. The monoisotopic (exact) mass is 352 g/mol. The van der Waals surface area contributed by atoms with E-state index in [2.05, 4.69) is 31.9 Å². The van der Waals surface area contributed by atoms with E-state index >= 15 is 0 Å². The largest absolute Gasteiger partial charge is 0.383 e. The highest BCUT2D eigenvalue weighted by Crippen LogP contribution is 2.35. The average molecular weight is 354 g/mol. The number of aliphatic hydroxyl groups excluding tert-OH is 1. The Morgan fingerprint density at radius 2 is 2.07 bits per heavy atom. The van der Waals surface area contributed by atoms with Crippen LogP contribution in [0.5, 0.6) is 0 Å². The number of halogens is 2. The van der Waals surface area contributed by atoms with Gasteiger partial charge in [0.1, 0.15) is 6.10 Å². The van der Waals surface area contributed by atoms with Crippen molar-refractivity contribution in [2.24, 2.45) is 0 Å². The van der Waals surface area contributed by atoms with E-state index < -0.39 is 6.10 Å². The lowest BCUT2D eigenvalue weighted by Crippen LogP contribution is -1.95. The van der Waals surface area contributed by atoms with Crippen molar-refractivity contribution in [3.8, 4) is 0 Å². The molecule has 0 spiro atoms. The average Bonchev–Trinajstić information content (AvgIpc) is 2.73. The van der Waals surface area contributed by atoms with Gasteiger partial charge in [-0.2, -0.15) is 0 Å². The first-order chi connectivity index (χ1) is 6.68. The molecule has 0 aliphatic heterocycles. The van der Waals surface area contributed by atoms with Crippen molar-refractivity contribution in [2.45, 2.75) is 6.10 Å². The second-order valence-corrected chi connectivity index (χ2v) is 6.81. The number of aliphatic hydroxyl groups is 1. The topological polar surface area (TPSA) is 20.2 Å². The summed E-state index contributed by atoms with van der Waals surface area (Å²) in [6.45, 7) is 0. The molecule has 0 aliphatic rings. The second-order valence-electron chi connectivity index (χ2n) is 2.72. The van der Waals surface area contributed by atoms with Crippen LogP contribution in [0.25, 0.3) is 0 Å². The molecule has 74 valence electrons. The minimum Gasteiger partial charge on any atom is -0.383 e. The van der Waals surface area contributed by atoms with E-state index in [0.29, 0.717) is 0 Å². The molecule has 2 heterocycles. The van der Waals surface area contributed by atoms with E-state index in [1.54, 1.807) is 22.7 Å². The Bertz CT molecular complexity index is 435. The molecule has 0 aromatic carbocycles. The molecule has 5 heteroatoms. The molecular weight excluding hydrogens is 348 g/mol. The van der Waals surface area contributed by atoms with Crippen molar-refractivity contribution in [3.63, 3.8) is 0 Å². The molecule has 0 radical (unpaired) electrons. The number of rotatable bonds is 2. The van der Waals surface area contributed by atoms with Crippen LogP contribution in [-0.2, 0) is 0 Å². The van der Waals surface area contributed by atoms with E-state index in [1.165, 1.54) is 0 Å². The lowest BCUT2D eigenvalue weighted by Gasteiger charge is -2.06. The minimum atomic E-state index is -0.521. The highest BCUT2D eigenvalue weighted by Gasteiger charge is 2.15. The zero-order valence-electron chi connectivity index (χ0n) is 6.91. The molecule has 1 unspecified atom stereocenters. The zero-order chi connectivity index (χ0) is 10.1. The van der Waals surface area contributed by atoms with Crippen LogP contribution in [0, 0.1) is 0 Å². The highest BCUT2D eigenvalue weighted by atomic mass is 79.9. The van der Waals surface area contributed by atoms with E-state index in [0.717, 1.165) is 18.7 Å². The van der Waals surface area contributed by atoms with Crippen molar-refractivity contribution in [1.82, 2.24) is 0 Å². The Kier molecular flexibility index (Phi) is 3.44. The first-order valence-corrected chi connectivity index (χ1v) is 7.18. The summed E-state index contributed by atoms with van der Waals surface area (Å²) in [6, 6.07) is 3.89. The van der Waals surface area contributed by atoms with Gasteiger partial charge < -0.3 is 5.11 Å². The van der Waals surface area contributed by atoms with Gasteiger partial charge in [0.05, 0.1) is 8.66 Å². The lowest BCUT2D eigenvalue weighted by molar-refractivity contribution is 0.224. The Balaban J connectivity index is 2.33. The molecule has 0 saturated heterocycles. The summed E-state index contributed by atoms with van der Waals surface area (Å²) in [5.74, 6) is 0.